The summed E-state index contributed by atoms with van der Waals surface area (Å²) in [6.07, 6.45) is 0.747. The first-order valence-electron chi connectivity index (χ1n) is 10.6. The monoisotopic (exact) mass is 407 g/mol. The van der Waals surface area contributed by atoms with Crippen molar-refractivity contribution in [2.24, 2.45) is 0 Å². The number of para-hydroxylation sites is 1. The Morgan fingerprint density at radius 2 is 1.71 bits per heavy atom. The fourth-order valence-electron chi connectivity index (χ4n) is 4.28. The number of carbonyl (C=O) groups excluding carboxylic acids is 1. The molecule has 1 amide bonds. The van der Waals surface area contributed by atoms with Crippen LogP contribution in [0.2, 0.25) is 0 Å². The molecular weight excluding hydrogens is 382 g/mol. The molecule has 0 bridgehead atoms. The number of aromatic nitrogens is 1. The van der Waals surface area contributed by atoms with Crippen LogP contribution in [0.4, 0.5) is 5.69 Å². The highest BCUT2D eigenvalue weighted by molar-refractivity contribution is 6.04. The highest BCUT2D eigenvalue weighted by atomic mass is 16.2. The second kappa shape index (κ2) is 7.88. The zero-order valence-electron chi connectivity index (χ0n) is 17.9. The van der Waals surface area contributed by atoms with Crippen molar-refractivity contribution in [3.8, 4) is 11.1 Å². The van der Waals surface area contributed by atoms with Gasteiger partial charge in [0.05, 0.1) is 11.1 Å². The minimum atomic E-state index is 0.114. The van der Waals surface area contributed by atoms with Crippen LogP contribution in [0.3, 0.4) is 0 Å². The molecule has 0 atom stereocenters. The number of benzene rings is 3. The maximum Gasteiger partial charge on any atom is 0.255 e. The second-order valence-corrected chi connectivity index (χ2v) is 8.25. The summed E-state index contributed by atoms with van der Waals surface area (Å²) < 4.78 is 0. The number of carbonyl (C=O) groups is 1. The normalized spacial score (nSPS) is 13.0. The predicted octanol–water partition coefficient (Wildman–Crippen LogP) is 5.17. The van der Waals surface area contributed by atoms with Gasteiger partial charge in [-0.15, -0.1) is 0 Å². The molecule has 31 heavy (non-hydrogen) atoms. The molecule has 0 N–H and O–H groups in total. The lowest BCUT2D eigenvalue weighted by molar-refractivity contribution is 0.0780. The summed E-state index contributed by atoms with van der Waals surface area (Å²) in [5, 5.41) is 1.14. The van der Waals surface area contributed by atoms with E-state index in [-0.39, 0.29) is 5.91 Å². The van der Waals surface area contributed by atoms with Gasteiger partial charge in [0.2, 0.25) is 0 Å². The van der Waals surface area contributed by atoms with Crippen LogP contribution < -0.4 is 4.90 Å². The molecule has 0 saturated heterocycles. The molecule has 3 aromatic carbocycles. The lowest BCUT2D eigenvalue weighted by Gasteiger charge is -2.16. The number of rotatable bonds is 5. The molecule has 2 heterocycles. The van der Waals surface area contributed by atoms with Gasteiger partial charge < -0.3 is 9.80 Å². The molecule has 1 aliphatic rings. The van der Waals surface area contributed by atoms with E-state index in [0.29, 0.717) is 13.1 Å². The fraction of sp³-hybridized carbons (Fsp3) is 0.185. The van der Waals surface area contributed by atoms with Crippen molar-refractivity contribution < 1.29 is 4.79 Å². The smallest absolute Gasteiger partial charge is 0.255 e. The molecule has 0 fully saturated rings. The van der Waals surface area contributed by atoms with Crippen LogP contribution in [-0.2, 0) is 13.0 Å². The zero-order valence-corrected chi connectivity index (χ0v) is 17.9. The van der Waals surface area contributed by atoms with E-state index in [2.05, 4.69) is 65.6 Å². The van der Waals surface area contributed by atoms with Crippen molar-refractivity contribution in [2.45, 2.75) is 13.0 Å². The first kappa shape index (κ1) is 19.3. The maximum atomic E-state index is 13.3. The zero-order chi connectivity index (χ0) is 21.4. The molecule has 154 valence electrons. The summed E-state index contributed by atoms with van der Waals surface area (Å²) in [4.78, 5) is 22.1. The van der Waals surface area contributed by atoms with Gasteiger partial charge in [-0.05, 0) is 41.0 Å². The summed E-state index contributed by atoms with van der Waals surface area (Å²) in [5.74, 6) is 0.114. The van der Waals surface area contributed by atoms with Gasteiger partial charge in [0.25, 0.3) is 5.91 Å². The van der Waals surface area contributed by atoms with Crippen LogP contribution >= 0.6 is 0 Å². The van der Waals surface area contributed by atoms with Gasteiger partial charge in [0.15, 0.2) is 0 Å². The number of amides is 1. The van der Waals surface area contributed by atoms with Crippen LogP contribution in [0.15, 0.2) is 78.9 Å². The van der Waals surface area contributed by atoms with E-state index in [0.717, 1.165) is 51.0 Å². The minimum Gasteiger partial charge on any atom is -0.378 e. The number of pyridine rings is 1. The maximum absolute atomic E-state index is 13.3. The van der Waals surface area contributed by atoms with Crippen molar-refractivity contribution >= 4 is 22.5 Å². The molecule has 4 heteroatoms. The third-order valence-electron chi connectivity index (χ3n) is 6.00. The third kappa shape index (κ3) is 3.66. The summed E-state index contributed by atoms with van der Waals surface area (Å²) >= 11 is 0. The van der Waals surface area contributed by atoms with Gasteiger partial charge in [-0.25, -0.2) is 0 Å². The second-order valence-electron chi connectivity index (χ2n) is 8.25. The van der Waals surface area contributed by atoms with E-state index in [1.807, 2.05) is 37.2 Å². The largest absolute Gasteiger partial charge is 0.378 e. The number of hydrogen-bond acceptors (Lipinski definition) is 3. The number of anilines is 1. The van der Waals surface area contributed by atoms with Crippen LogP contribution in [0.1, 0.15) is 21.6 Å². The Balaban J connectivity index is 1.36. The van der Waals surface area contributed by atoms with Gasteiger partial charge in [0.1, 0.15) is 0 Å². The average molecular weight is 408 g/mol. The molecule has 0 saturated carbocycles. The van der Waals surface area contributed by atoms with Crippen LogP contribution in [0.25, 0.3) is 22.0 Å². The van der Waals surface area contributed by atoms with Crippen LogP contribution in [-0.4, -0.2) is 36.4 Å². The van der Waals surface area contributed by atoms with E-state index in [1.165, 1.54) is 0 Å². The predicted molar refractivity (Wildman–Crippen MR) is 126 cm³/mol. The quantitative estimate of drug-likeness (QED) is 0.458. The molecule has 5 rings (SSSR count). The lowest BCUT2D eigenvalue weighted by atomic mass is 9.96. The Kier molecular flexibility index (Phi) is 4.91. The van der Waals surface area contributed by atoms with E-state index in [4.69, 9.17) is 4.98 Å². The Hall–Kier alpha value is -3.66. The van der Waals surface area contributed by atoms with Gasteiger partial charge in [-0.1, -0.05) is 54.6 Å². The molecule has 0 radical (unpaired) electrons. The minimum absolute atomic E-state index is 0.114. The Bertz CT molecular complexity index is 1260. The number of fused-ring (bicyclic) bond motifs is 2. The van der Waals surface area contributed by atoms with E-state index < -0.39 is 0 Å². The van der Waals surface area contributed by atoms with Crippen molar-refractivity contribution in [3.63, 3.8) is 0 Å². The highest BCUT2D eigenvalue weighted by Gasteiger charge is 2.29. The summed E-state index contributed by atoms with van der Waals surface area (Å²) in [5.41, 5.74) is 7.19. The van der Waals surface area contributed by atoms with E-state index in [9.17, 15) is 4.79 Å². The van der Waals surface area contributed by atoms with Gasteiger partial charge in [-0.3, -0.25) is 9.78 Å². The molecule has 0 unspecified atom stereocenters. The Morgan fingerprint density at radius 3 is 2.52 bits per heavy atom. The number of hydrogen-bond donors (Lipinski definition) is 0. The molecule has 0 spiro atoms. The van der Waals surface area contributed by atoms with Crippen molar-refractivity contribution in [1.82, 2.24) is 9.88 Å². The first-order valence-corrected chi connectivity index (χ1v) is 10.6. The summed E-state index contributed by atoms with van der Waals surface area (Å²) in [7, 11) is 4.06. The topological polar surface area (TPSA) is 36.4 Å². The van der Waals surface area contributed by atoms with Crippen molar-refractivity contribution in [3.05, 3.63) is 95.7 Å². The standard InChI is InChI=1S/C27H25N3O/c1-29(2)23-14-11-19(12-15-23)24-8-5-7-21-18-30(27(31)26(21)24)17-16-22-13-10-20-6-3-4-9-25(20)28-22/h3-15H,16-18H2,1-2H3. The first-order chi connectivity index (χ1) is 15.1. The molecular formula is C27H25N3O. The van der Waals surface area contributed by atoms with Gasteiger partial charge in [-0.2, -0.15) is 0 Å². The number of nitrogens with zero attached hydrogens (tertiary/aromatic N) is 3. The molecule has 0 aliphatic carbocycles. The van der Waals surface area contributed by atoms with Crippen molar-refractivity contribution in [1.29, 1.82) is 0 Å². The molecule has 4 nitrogen and oxygen atoms in total. The van der Waals surface area contributed by atoms with Crippen molar-refractivity contribution in [2.75, 3.05) is 25.5 Å². The fourth-order valence-corrected chi connectivity index (χ4v) is 4.28. The molecule has 1 aliphatic heterocycles. The van der Waals surface area contributed by atoms with Gasteiger partial charge >= 0.3 is 0 Å². The van der Waals surface area contributed by atoms with Gasteiger partial charge in [0, 0.05) is 50.4 Å². The molecule has 4 aromatic rings. The van der Waals surface area contributed by atoms with E-state index >= 15 is 0 Å². The average Bonchev–Trinajstić information content (AvgIpc) is 3.13. The SMILES string of the molecule is CN(C)c1ccc(-c2cccc3c2C(=O)N(CCc2ccc4ccccc4n2)C3)cc1. The van der Waals surface area contributed by atoms with Crippen LogP contribution in [0.5, 0.6) is 0 Å². The van der Waals surface area contributed by atoms with E-state index in [1.54, 1.807) is 0 Å². The Morgan fingerprint density at radius 1 is 0.903 bits per heavy atom. The highest BCUT2D eigenvalue weighted by Crippen LogP contribution is 2.33. The Labute approximate surface area is 182 Å². The summed E-state index contributed by atoms with van der Waals surface area (Å²) in [6, 6.07) is 26.9. The van der Waals surface area contributed by atoms with Crippen LogP contribution in [0, 0.1) is 0 Å². The lowest BCUT2D eigenvalue weighted by Crippen LogP contribution is -2.26. The third-order valence-corrected chi connectivity index (χ3v) is 6.00. The summed E-state index contributed by atoms with van der Waals surface area (Å²) in [6.45, 7) is 1.32. The molecule has 1 aromatic heterocycles.